The molecule has 3 aromatic rings. The lowest BCUT2D eigenvalue weighted by molar-refractivity contribution is 0.101. The van der Waals surface area contributed by atoms with Crippen molar-refractivity contribution >= 4 is 38.7 Å². The molecule has 1 N–H and O–H groups in total. The number of hydrogen-bond donors (Lipinski definition) is 1. The Balaban J connectivity index is 1.62. The van der Waals surface area contributed by atoms with Gasteiger partial charge >= 0.3 is 0 Å². The number of fused-ring (bicyclic) bond motifs is 1. The standard InChI is InChI=1S/C22H20N2O4S2/c1-15(25)18-8-4-5-9-19(18)23-22(26)21-20(11-13-29-21)30(27,28)24-12-10-16-6-2-3-7-17(16)14-24/h2-9,11,13H,10,12,14H2,1H3,(H,23,26). The molecule has 0 atom stereocenters. The SMILES string of the molecule is CC(=O)c1ccccc1NC(=O)c1sccc1S(=O)(=O)N1CCc2ccccc2C1. The molecule has 30 heavy (non-hydrogen) atoms. The van der Waals surface area contributed by atoms with Gasteiger partial charge in [0.05, 0.1) is 5.69 Å². The summed E-state index contributed by atoms with van der Waals surface area (Å²) in [7, 11) is -3.84. The maximum absolute atomic E-state index is 13.3. The predicted molar refractivity (Wildman–Crippen MR) is 116 cm³/mol. The molecule has 0 bridgehead atoms. The number of benzene rings is 2. The molecule has 8 heteroatoms. The average Bonchev–Trinajstić information content (AvgIpc) is 3.24. The van der Waals surface area contributed by atoms with E-state index < -0.39 is 15.9 Å². The first kappa shape index (κ1) is 20.5. The van der Waals surface area contributed by atoms with Crippen molar-refractivity contribution in [2.75, 3.05) is 11.9 Å². The number of anilines is 1. The molecule has 4 rings (SSSR count). The molecule has 0 spiro atoms. The molecule has 0 fully saturated rings. The number of ketones is 1. The highest BCUT2D eigenvalue weighted by Crippen LogP contribution is 2.30. The van der Waals surface area contributed by atoms with E-state index in [9.17, 15) is 18.0 Å². The fourth-order valence-corrected chi connectivity index (χ4v) is 6.27. The lowest BCUT2D eigenvalue weighted by atomic mass is 10.0. The van der Waals surface area contributed by atoms with Gasteiger partial charge < -0.3 is 5.32 Å². The van der Waals surface area contributed by atoms with Crippen LogP contribution in [0, 0.1) is 0 Å². The van der Waals surface area contributed by atoms with Crippen molar-refractivity contribution in [2.24, 2.45) is 0 Å². The Labute approximate surface area is 179 Å². The number of rotatable bonds is 5. The summed E-state index contributed by atoms with van der Waals surface area (Å²) in [6.45, 7) is 2.06. The van der Waals surface area contributed by atoms with Gasteiger partial charge in [0, 0.05) is 18.7 Å². The van der Waals surface area contributed by atoms with E-state index in [-0.39, 0.29) is 22.1 Å². The number of thiophene rings is 1. The van der Waals surface area contributed by atoms with E-state index in [1.54, 1.807) is 29.6 Å². The summed E-state index contributed by atoms with van der Waals surface area (Å²) in [6, 6.07) is 15.9. The van der Waals surface area contributed by atoms with E-state index in [0.29, 0.717) is 24.2 Å². The Kier molecular flexibility index (Phi) is 5.55. The zero-order valence-corrected chi connectivity index (χ0v) is 17.9. The van der Waals surface area contributed by atoms with Gasteiger partial charge in [-0.3, -0.25) is 9.59 Å². The van der Waals surface area contributed by atoms with Gasteiger partial charge in [-0.15, -0.1) is 11.3 Å². The lowest BCUT2D eigenvalue weighted by Gasteiger charge is -2.28. The molecule has 0 saturated heterocycles. The third-order valence-corrected chi connectivity index (χ3v) is 8.03. The van der Waals surface area contributed by atoms with E-state index in [4.69, 9.17) is 0 Å². The zero-order valence-electron chi connectivity index (χ0n) is 16.3. The summed E-state index contributed by atoms with van der Waals surface area (Å²) in [5, 5.41) is 4.29. The second-order valence-corrected chi connectivity index (χ2v) is 9.85. The molecular formula is C22H20N2O4S2. The zero-order chi connectivity index (χ0) is 21.3. The molecule has 2 aromatic carbocycles. The molecule has 1 aliphatic heterocycles. The molecule has 0 saturated carbocycles. The van der Waals surface area contributed by atoms with Gasteiger partial charge in [0.2, 0.25) is 10.0 Å². The molecule has 1 aliphatic rings. The van der Waals surface area contributed by atoms with Gasteiger partial charge in [0.15, 0.2) is 5.78 Å². The Hall–Kier alpha value is -2.81. The molecule has 1 aromatic heterocycles. The summed E-state index contributed by atoms with van der Waals surface area (Å²) in [4.78, 5) is 24.8. The van der Waals surface area contributed by atoms with Crippen LogP contribution in [0.4, 0.5) is 5.69 Å². The van der Waals surface area contributed by atoms with Crippen molar-refractivity contribution in [3.05, 3.63) is 81.5 Å². The second kappa shape index (κ2) is 8.14. The Bertz CT molecular complexity index is 1230. The van der Waals surface area contributed by atoms with Gasteiger partial charge in [0.1, 0.15) is 9.77 Å². The minimum absolute atomic E-state index is 0.00955. The minimum Gasteiger partial charge on any atom is -0.321 e. The van der Waals surface area contributed by atoms with Crippen molar-refractivity contribution in [1.29, 1.82) is 0 Å². The van der Waals surface area contributed by atoms with Crippen molar-refractivity contribution in [2.45, 2.75) is 24.8 Å². The van der Waals surface area contributed by atoms with Crippen molar-refractivity contribution in [3.63, 3.8) is 0 Å². The van der Waals surface area contributed by atoms with Gasteiger partial charge in [-0.2, -0.15) is 4.31 Å². The first-order valence-corrected chi connectivity index (χ1v) is 11.8. The smallest absolute Gasteiger partial charge is 0.267 e. The first-order chi connectivity index (χ1) is 14.4. The lowest BCUT2D eigenvalue weighted by Crippen LogP contribution is -2.36. The van der Waals surface area contributed by atoms with Gasteiger partial charge in [-0.1, -0.05) is 36.4 Å². The molecule has 154 valence electrons. The van der Waals surface area contributed by atoms with Crippen LogP contribution in [0.3, 0.4) is 0 Å². The van der Waals surface area contributed by atoms with Crippen LogP contribution in [0.5, 0.6) is 0 Å². The van der Waals surface area contributed by atoms with Crippen LogP contribution >= 0.6 is 11.3 Å². The van der Waals surface area contributed by atoms with Crippen LogP contribution in [0.2, 0.25) is 0 Å². The van der Waals surface area contributed by atoms with Crippen molar-refractivity contribution in [3.8, 4) is 0 Å². The van der Waals surface area contributed by atoms with Crippen molar-refractivity contribution < 1.29 is 18.0 Å². The average molecular weight is 441 g/mol. The summed E-state index contributed by atoms with van der Waals surface area (Å²) < 4.78 is 28.0. The largest absolute Gasteiger partial charge is 0.321 e. The quantitative estimate of drug-likeness (QED) is 0.609. The number of nitrogens with one attached hydrogen (secondary N) is 1. The number of Topliss-reactive ketones (excluding diaryl/α,β-unsaturated/α-hetero) is 1. The topological polar surface area (TPSA) is 83.5 Å². The first-order valence-electron chi connectivity index (χ1n) is 9.43. The van der Waals surface area contributed by atoms with E-state index in [1.807, 2.05) is 24.3 Å². The number of nitrogens with zero attached hydrogens (tertiary/aromatic N) is 1. The van der Waals surface area contributed by atoms with E-state index in [1.165, 1.54) is 17.3 Å². The van der Waals surface area contributed by atoms with Gasteiger partial charge in [-0.05, 0) is 48.1 Å². The molecule has 0 unspecified atom stereocenters. The molecule has 0 radical (unpaired) electrons. The normalized spacial score (nSPS) is 14.2. The van der Waals surface area contributed by atoms with Gasteiger partial charge in [-0.25, -0.2) is 8.42 Å². The molecular weight excluding hydrogens is 420 g/mol. The van der Waals surface area contributed by atoms with Crippen LogP contribution < -0.4 is 5.32 Å². The molecule has 6 nitrogen and oxygen atoms in total. The predicted octanol–water partition coefficient (Wildman–Crippen LogP) is 3.95. The number of sulfonamides is 1. The summed E-state index contributed by atoms with van der Waals surface area (Å²) in [5.74, 6) is -0.730. The molecule has 1 amide bonds. The highest BCUT2D eigenvalue weighted by atomic mass is 32.2. The third kappa shape index (κ3) is 3.81. The second-order valence-electron chi connectivity index (χ2n) is 7.03. The summed E-state index contributed by atoms with van der Waals surface area (Å²) in [6.07, 6.45) is 0.632. The Morgan fingerprint density at radius 2 is 1.70 bits per heavy atom. The van der Waals surface area contributed by atoms with Crippen molar-refractivity contribution in [1.82, 2.24) is 4.31 Å². The van der Waals surface area contributed by atoms with Crippen LogP contribution in [0.25, 0.3) is 0 Å². The fraction of sp³-hybridized carbons (Fsp3) is 0.182. The van der Waals surface area contributed by atoms with E-state index in [0.717, 1.165) is 22.5 Å². The number of carbonyl (C=O) groups excluding carboxylic acids is 2. The fourth-order valence-electron chi connectivity index (χ4n) is 3.56. The molecule has 0 aliphatic carbocycles. The Morgan fingerprint density at radius 1 is 1.00 bits per heavy atom. The number of hydrogen-bond acceptors (Lipinski definition) is 5. The van der Waals surface area contributed by atoms with Gasteiger partial charge in [0.25, 0.3) is 5.91 Å². The highest BCUT2D eigenvalue weighted by Gasteiger charge is 2.32. The maximum Gasteiger partial charge on any atom is 0.267 e. The monoisotopic (exact) mass is 440 g/mol. The number of amides is 1. The number of para-hydroxylation sites is 1. The summed E-state index contributed by atoms with van der Waals surface area (Å²) in [5.41, 5.74) is 2.86. The van der Waals surface area contributed by atoms with E-state index in [2.05, 4.69) is 5.32 Å². The number of carbonyl (C=O) groups is 2. The third-order valence-electron chi connectivity index (χ3n) is 5.10. The van der Waals surface area contributed by atoms with Crippen LogP contribution in [-0.2, 0) is 23.0 Å². The Morgan fingerprint density at radius 3 is 2.47 bits per heavy atom. The highest BCUT2D eigenvalue weighted by molar-refractivity contribution is 7.89. The summed E-state index contributed by atoms with van der Waals surface area (Å²) >= 11 is 1.06. The molecule has 2 heterocycles. The minimum atomic E-state index is -3.84. The van der Waals surface area contributed by atoms with Crippen LogP contribution in [-0.4, -0.2) is 31.0 Å². The maximum atomic E-state index is 13.3. The van der Waals surface area contributed by atoms with Crippen LogP contribution in [0.1, 0.15) is 38.1 Å². The van der Waals surface area contributed by atoms with Crippen LogP contribution in [0.15, 0.2) is 64.9 Å². The van der Waals surface area contributed by atoms with E-state index >= 15 is 0 Å².